The molecule has 0 aliphatic heterocycles. The van der Waals surface area contributed by atoms with Gasteiger partial charge in [-0.3, -0.25) is 4.79 Å². The molecule has 17 heavy (non-hydrogen) atoms. The second-order valence-electron chi connectivity index (χ2n) is 4.67. The molecule has 2 rings (SSSR count). The molecule has 1 N–H and O–H groups in total. The predicted molar refractivity (Wildman–Crippen MR) is 69.2 cm³/mol. The number of carboxylic acids is 1. The Kier molecular flexibility index (Phi) is 3.14. The van der Waals surface area contributed by atoms with E-state index in [0.29, 0.717) is 0 Å². The minimum atomic E-state index is -0.754. The van der Waals surface area contributed by atoms with Gasteiger partial charge in [0.05, 0.1) is 5.92 Å². The lowest BCUT2D eigenvalue weighted by Gasteiger charge is -2.17. The first-order valence-corrected chi connectivity index (χ1v) is 5.81. The topological polar surface area (TPSA) is 37.3 Å². The van der Waals surface area contributed by atoms with Gasteiger partial charge in [-0.2, -0.15) is 0 Å². The summed E-state index contributed by atoms with van der Waals surface area (Å²) in [7, 11) is 0. The van der Waals surface area contributed by atoms with Crippen LogP contribution in [-0.2, 0) is 4.79 Å². The van der Waals surface area contributed by atoms with Crippen LogP contribution in [0.5, 0.6) is 0 Å². The van der Waals surface area contributed by atoms with Crippen molar-refractivity contribution < 1.29 is 9.90 Å². The van der Waals surface area contributed by atoms with Crippen LogP contribution < -0.4 is 0 Å². The molecule has 1 atom stereocenters. The van der Waals surface area contributed by atoms with E-state index in [1.54, 1.807) is 0 Å². The highest BCUT2D eigenvalue weighted by Crippen LogP contribution is 2.27. The molecule has 0 heterocycles. The van der Waals surface area contributed by atoms with Crippen LogP contribution in [0.2, 0.25) is 0 Å². The molecule has 0 fully saturated rings. The molecule has 0 unspecified atom stereocenters. The molecule has 0 amide bonds. The average Bonchev–Trinajstić information content (AvgIpc) is 2.28. The lowest BCUT2D eigenvalue weighted by Crippen LogP contribution is -2.17. The molecule has 0 radical (unpaired) electrons. The fourth-order valence-electron chi connectivity index (χ4n) is 2.21. The van der Waals surface area contributed by atoms with Gasteiger partial charge in [-0.15, -0.1) is 0 Å². The molecular weight excluding hydrogens is 212 g/mol. The highest BCUT2D eigenvalue weighted by molar-refractivity contribution is 5.85. The van der Waals surface area contributed by atoms with Crippen LogP contribution in [0.15, 0.2) is 42.5 Å². The van der Waals surface area contributed by atoms with Crippen LogP contribution in [0.1, 0.15) is 25.3 Å². The van der Waals surface area contributed by atoms with Gasteiger partial charge in [0, 0.05) is 0 Å². The summed E-state index contributed by atoms with van der Waals surface area (Å²) in [5.41, 5.74) is 0.881. The predicted octanol–water partition coefficient (Wildman–Crippen LogP) is 3.66. The molecule has 0 saturated carbocycles. The zero-order valence-electron chi connectivity index (χ0n) is 10.1. The summed E-state index contributed by atoms with van der Waals surface area (Å²) in [4.78, 5) is 11.3. The number of hydrogen-bond acceptors (Lipinski definition) is 1. The Balaban J connectivity index is 2.51. The molecule has 2 nitrogen and oxygen atoms in total. The molecule has 88 valence electrons. The SMILES string of the molecule is CC(C)[C@@H](C(=O)O)c1ccc2ccccc2c1. The molecule has 2 aromatic rings. The molecule has 0 spiro atoms. The Labute approximate surface area is 101 Å². The third kappa shape index (κ3) is 2.31. The Morgan fingerprint density at radius 2 is 1.71 bits per heavy atom. The van der Waals surface area contributed by atoms with Gasteiger partial charge in [0.15, 0.2) is 0 Å². The molecular formula is C15H16O2. The lowest BCUT2D eigenvalue weighted by atomic mass is 9.87. The lowest BCUT2D eigenvalue weighted by molar-refractivity contribution is -0.139. The van der Waals surface area contributed by atoms with Crippen LogP contribution >= 0.6 is 0 Å². The monoisotopic (exact) mass is 228 g/mol. The molecule has 0 saturated heterocycles. The summed E-state index contributed by atoms with van der Waals surface area (Å²) in [6, 6.07) is 13.9. The van der Waals surface area contributed by atoms with Gasteiger partial charge in [-0.25, -0.2) is 0 Å². The van der Waals surface area contributed by atoms with E-state index in [4.69, 9.17) is 0 Å². The van der Waals surface area contributed by atoms with E-state index in [1.807, 2.05) is 56.3 Å². The van der Waals surface area contributed by atoms with E-state index < -0.39 is 11.9 Å². The zero-order valence-corrected chi connectivity index (χ0v) is 10.1. The number of fused-ring (bicyclic) bond motifs is 1. The van der Waals surface area contributed by atoms with Gasteiger partial charge in [-0.05, 0) is 22.3 Å². The number of benzene rings is 2. The fourth-order valence-corrected chi connectivity index (χ4v) is 2.21. The largest absolute Gasteiger partial charge is 0.481 e. The molecule has 2 heteroatoms. The van der Waals surface area contributed by atoms with Crippen LogP contribution in [0.4, 0.5) is 0 Å². The highest BCUT2D eigenvalue weighted by atomic mass is 16.4. The summed E-state index contributed by atoms with van der Waals surface area (Å²) >= 11 is 0. The number of aliphatic carboxylic acids is 1. The summed E-state index contributed by atoms with van der Waals surface area (Å²) in [5, 5.41) is 11.5. The second-order valence-corrected chi connectivity index (χ2v) is 4.67. The Morgan fingerprint density at radius 3 is 2.29 bits per heavy atom. The van der Waals surface area contributed by atoms with Crippen molar-refractivity contribution in [2.24, 2.45) is 5.92 Å². The Morgan fingerprint density at radius 1 is 1.06 bits per heavy atom. The number of carbonyl (C=O) groups is 1. The third-order valence-electron chi connectivity index (χ3n) is 3.07. The quantitative estimate of drug-likeness (QED) is 0.870. The van der Waals surface area contributed by atoms with Crippen molar-refractivity contribution >= 4 is 16.7 Å². The maximum absolute atomic E-state index is 11.3. The van der Waals surface area contributed by atoms with Gasteiger partial charge in [0.25, 0.3) is 0 Å². The van der Waals surface area contributed by atoms with Gasteiger partial charge in [0.1, 0.15) is 0 Å². The fraction of sp³-hybridized carbons (Fsp3) is 0.267. The standard InChI is InChI=1S/C15H16O2/c1-10(2)14(15(16)17)13-8-7-11-5-3-4-6-12(11)9-13/h3-10,14H,1-2H3,(H,16,17)/t14-/m1/s1. The minimum absolute atomic E-state index is 0.0914. The van der Waals surface area contributed by atoms with Crippen molar-refractivity contribution in [3.8, 4) is 0 Å². The number of carboxylic acid groups (broad SMARTS) is 1. The molecule has 0 aliphatic carbocycles. The second kappa shape index (κ2) is 4.58. The van der Waals surface area contributed by atoms with E-state index in [1.165, 1.54) is 0 Å². The average molecular weight is 228 g/mol. The maximum Gasteiger partial charge on any atom is 0.311 e. The van der Waals surface area contributed by atoms with Crippen molar-refractivity contribution in [3.63, 3.8) is 0 Å². The van der Waals surface area contributed by atoms with Gasteiger partial charge in [-0.1, -0.05) is 56.3 Å². The third-order valence-corrected chi connectivity index (χ3v) is 3.07. The summed E-state index contributed by atoms with van der Waals surface area (Å²) in [6.45, 7) is 3.88. The molecule has 0 aliphatic rings. The number of hydrogen-bond donors (Lipinski definition) is 1. The first kappa shape index (κ1) is 11.6. The molecule has 0 bridgehead atoms. The van der Waals surface area contributed by atoms with Crippen LogP contribution in [0.3, 0.4) is 0 Å². The summed E-state index contributed by atoms with van der Waals surface area (Å²) in [6.07, 6.45) is 0. The van der Waals surface area contributed by atoms with E-state index in [-0.39, 0.29) is 5.92 Å². The van der Waals surface area contributed by atoms with Crippen molar-refractivity contribution in [1.29, 1.82) is 0 Å². The van der Waals surface area contributed by atoms with E-state index in [9.17, 15) is 9.90 Å². The first-order chi connectivity index (χ1) is 8.09. The van der Waals surface area contributed by atoms with Gasteiger partial charge < -0.3 is 5.11 Å². The van der Waals surface area contributed by atoms with Gasteiger partial charge >= 0.3 is 5.97 Å². The van der Waals surface area contributed by atoms with Crippen LogP contribution in [0.25, 0.3) is 10.8 Å². The summed E-state index contributed by atoms with van der Waals surface area (Å²) in [5.74, 6) is -1.09. The number of rotatable bonds is 3. The van der Waals surface area contributed by atoms with Crippen LogP contribution in [0, 0.1) is 5.92 Å². The maximum atomic E-state index is 11.3. The zero-order chi connectivity index (χ0) is 12.4. The van der Waals surface area contributed by atoms with Crippen LogP contribution in [-0.4, -0.2) is 11.1 Å². The van der Waals surface area contributed by atoms with Crippen molar-refractivity contribution in [3.05, 3.63) is 48.0 Å². The van der Waals surface area contributed by atoms with Crippen molar-refractivity contribution in [2.75, 3.05) is 0 Å². The molecule has 2 aromatic carbocycles. The van der Waals surface area contributed by atoms with E-state index in [0.717, 1.165) is 16.3 Å². The Hall–Kier alpha value is -1.83. The smallest absolute Gasteiger partial charge is 0.311 e. The minimum Gasteiger partial charge on any atom is -0.481 e. The normalized spacial score (nSPS) is 12.9. The highest BCUT2D eigenvalue weighted by Gasteiger charge is 2.23. The van der Waals surface area contributed by atoms with E-state index >= 15 is 0 Å². The van der Waals surface area contributed by atoms with Gasteiger partial charge in [0.2, 0.25) is 0 Å². The first-order valence-electron chi connectivity index (χ1n) is 5.81. The van der Waals surface area contributed by atoms with E-state index in [2.05, 4.69) is 0 Å². The Bertz CT molecular complexity index is 543. The summed E-state index contributed by atoms with van der Waals surface area (Å²) < 4.78 is 0. The molecule has 0 aromatic heterocycles. The van der Waals surface area contributed by atoms with Crippen molar-refractivity contribution in [2.45, 2.75) is 19.8 Å². The van der Waals surface area contributed by atoms with Crippen molar-refractivity contribution in [1.82, 2.24) is 0 Å².